The Balaban J connectivity index is 0. The highest BCUT2D eigenvalue weighted by Gasteiger charge is 2.27. The highest BCUT2D eigenvalue weighted by atomic mass is 14.3. The van der Waals surface area contributed by atoms with Crippen molar-refractivity contribution in [1.29, 1.82) is 0 Å². The zero-order valence-electron chi connectivity index (χ0n) is 13.1. The van der Waals surface area contributed by atoms with E-state index in [1.807, 2.05) is 27.7 Å². The van der Waals surface area contributed by atoms with Gasteiger partial charge in [0.1, 0.15) is 0 Å². The molecule has 102 valence electrons. The second kappa shape index (κ2) is 10.6. The molecule has 0 aromatic carbocycles. The van der Waals surface area contributed by atoms with Crippen LogP contribution in [0.25, 0.3) is 0 Å². The van der Waals surface area contributed by atoms with E-state index in [4.69, 9.17) is 0 Å². The minimum Gasteiger partial charge on any atom is -0.103 e. The lowest BCUT2D eigenvalue weighted by Gasteiger charge is -2.34. The Morgan fingerprint density at radius 3 is 1.71 bits per heavy atom. The predicted molar refractivity (Wildman–Crippen MR) is 82.4 cm³/mol. The third-order valence-corrected chi connectivity index (χ3v) is 3.18. The van der Waals surface area contributed by atoms with Crippen molar-refractivity contribution < 1.29 is 0 Å². The Kier molecular flexibility index (Phi) is 11.8. The first kappa shape index (κ1) is 18.8. The molecular weight excluding hydrogens is 204 g/mol. The van der Waals surface area contributed by atoms with Gasteiger partial charge in [0.2, 0.25) is 0 Å². The smallest absolute Gasteiger partial charge is 0.0149 e. The molecule has 0 aromatic rings. The Bertz CT molecular complexity index is 188. The Hall–Kier alpha value is -0.520. The molecular formula is C17H34. The molecule has 1 saturated carbocycles. The lowest BCUT2D eigenvalue weighted by atomic mass is 9.71. The van der Waals surface area contributed by atoms with Gasteiger partial charge in [-0.1, -0.05) is 58.6 Å². The molecule has 0 unspecified atom stereocenters. The van der Waals surface area contributed by atoms with Crippen LogP contribution in [0.4, 0.5) is 0 Å². The van der Waals surface area contributed by atoms with Crippen LogP contribution >= 0.6 is 0 Å². The molecule has 0 aromatic heterocycles. The van der Waals surface area contributed by atoms with Crippen LogP contribution in [-0.2, 0) is 0 Å². The van der Waals surface area contributed by atoms with E-state index in [0.29, 0.717) is 5.41 Å². The van der Waals surface area contributed by atoms with Crippen molar-refractivity contribution in [3.8, 4) is 0 Å². The number of hydrogen-bond acceptors (Lipinski definition) is 0. The van der Waals surface area contributed by atoms with Crippen LogP contribution in [0.2, 0.25) is 0 Å². The van der Waals surface area contributed by atoms with Crippen molar-refractivity contribution in [2.45, 2.75) is 73.6 Å². The minimum absolute atomic E-state index is 0.375. The quantitative estimate of drug-likeness (QED) is 0.489. The van der Waals surface area contributed by atoms with Crippen LogP contribution in [0.1, 0.15) is 73.6 Å². The normalized spacial score (nSPS) is 15.9. The standard InChI is InChI=1S/C11H20.C4H8.C2H6/c1-4-11(2,3)10-8-6-5-7-9-10;1-4(2)3;1-2/h4,10H,1,5-9H2,2-3H3;1H2,2-3H3;1-2H3. The molecule has 0 radical (unpaired) electrons. The molecule has 0 atom stereocenters. The summed E-state index contributed by atoms with van der Waals surface area (Å²) in [5, 5.41) is 0. The largest absolute Gasteiger partial charge is 0.103 e. The zero-order valence-corrected chi connectivity index (χ0v) is 13.1. The molecule has 0 aliphatic heterocycles. The molecule has 1 fully saturated rings. The van der Waals surface area contributed by atoms with Crippen molar-refractivity contribution in [1.82, 2.24) is 0 Å². The summed E-state index contributed by atoms with van der Waals surface area (Å²) in [4.78, 5) is 0. The van der Waals surface area contributed by atoms with Gasteiger partial charge in [0.25, 0.3) is 0 Å². The van der Waals surface area contributed by atoms with Crippen molar-refractivity contribution in [2.24, 2.45) is 11.3 Å². The van der Waals surface area contributed by atoms with Crippen LogP contribution < -0.4 is 0 Å². The van der Waals surface area contributed by atoms with E-state index in [-0.39, 0.29) is 0 Å². The number of hydrogen-bond donors (Lipinski definition) is 0. The highest BCUT2D eigenvalue weighted by molar-refractivity contribution is 4.93. The molecule has 0 heteroatoms. The van der Waals surface area contributed by atoms with E-state index in [1.54, 1.807) is 0 Å². The summed E-state index contributed by atoms with van der Waals surface area (Å²) in [5.41, 5.74) is 1.54. The zero-order chi connectivity index (χ0) is 13.9. The van der Waals surface area contributed by atoms with E-state index in [0.717, 1.165) is 5.92 Å². The Labute approximate surface area is 110 Å². The van der Waals surface area contributed by atoms with Crippen LogP contribution in [0, 0.1) is 11.3 Å². The first-order chi connectivity index (χ1) is 7.90. The van der Waals surface area contributed by atoms with Crippen LogP contribution in [0.15, 0.2) is 24.8 Å². The van der Waals surface area contributed by atoms with E-state index in [2.05, 4.69) is 33.1 Å². The van der Waals surface area contributed by atoms with Gasteiger partial charge < -0.3 is 0 Å². The minimum atomic E-state index is 0.375. The summed E-state index contributed by atoms with van der Waals surface area (Å²) in [6.07, 6.45) is 9.27. The number of allylic oxidation sites excluding steroid dienone is 2. The number of rotatable bonds is 2. The fourth-order valence-corrected chi connectivity index (χ4v) is 2.01. The van der Waals surface area contributed by atoms with Gasteiger partial charge >= 0.3 is 0 Å². The maximum Gasteiger partial charge on any atom is -0.0149 e. The third-order valence-electron chi connectivity index (χ3n) is 3.18. The van der Waals surface area contributed by atoms with Gasteiger partial charge in [-0.05, 0) is 38.0 Å². The van der Waals surface area contributed by atoms with Gasteiger partial charge in [0, 0.05) is 0 Å². The lowest BCUT2D eigenvalue weighted by molar-refractivity contribution is 0.210. The molecule has 1 rings (SSSR count). The van der Waals surface area contributed by atoms with Gasteiger partial charge in [0.05, 0.1) is 0 Å². The fourth-order valence-electron chi connectivity index (χ4n) is 2.01. The average Bonchev–Trinajstić information content (AvgIpc) is 2.32. The van der Waals surface area contributed by atoms with E-state index in [1.165, 1.54) is 37.7 Å². The summed E-state index contributed by atoms with van der Waals surface area (Å²) in [5.74, 6) is 0.897. The molecule has 0 heterocycles. The molecule has 0 nitrogen and oxygen atoms in total. The maximum atomic E-state index is 3.91. The van der Waals surface area contributed by atoms with Crippen LogP contribution in [0.3, 0.4) is 0 Å². The summed E-state index contributed by atoms with van der Waals surface area (Å²) in [7, 11) is 0. The van der Waals surface area contributed by atoms with Crippen molar-refractivity contribution in [3.63, 3.8) is 0 Å². The first-order valence-electron chi connectivity index (χ1n) is 7.16. The van der Waals surface area contributed by atoms with Crippen molar-refractivity contribution in [3.05, 3.63) is 24.8 Å². The average molecular weight is 238 g/mol. The molecule has 0 amide bonds. The molecule has 0 spiro atoms. The Morgan fingerprint density at radius 2 is 1.41 bits per heavy atom. The summed E-state index contributed by atoms with van der Waals surface area (Å²) >= 11 is 0. The van der Waals surface area contributed by atoms with Gasteiger partial charge in [-0.15, -0.1) is 13.2 Å². The topological polar surface area (TPSA) is 0 Å². The SMILES string of the molecule is C=C(C)C.C=CC(C)(C)C1CCCCC1.CC. The second-order valence-electron chi connectivity index (χ2n) is 5.57. The molecule has 17 heavy (non-hydrogen) atoms. The van der Waals surface area contributed by atoms with E-state index >= 15 is 0 Å². The van der Waals surface area contributed by atoms with E-state index < -0.39 is 0 Å². The van der Waals surface area contributed by atoms with Crippen LogP contribution in [0.5, 0.6) is 0 Å². The molecule has 0 saturated heterocycles. The third kappa shape index (κ3) is 10.4. The monoisotopic (exact) mass is 238 g/mol. The van der Waals surface area contributed by atoms with Gasteiger partial charge in [-0.25, -0.2) is 0 Å². The van der Waals surface area contributed by atoms with Crippen LogP contribution in [-0.4, -0.2) is 0 Å². The van der Waals surface area contributed by atoms with Crippen molar-refractivity contribution >= 4 is 0 Å². The van der Waals surface area contributed by atoms with Crippen molar-refractivity contribution in [2.75, 3.05) is 0 Å². The highest BCUT2D eigenvalue weighted by Crippen LogP contribution is 2.38. The summed E-state index contributed by atoms with van der Waals surface area (Å²) in [6.45, 7) is 20.0. The maximum absolute atomic E-state index is 3.91. The molecule has 0 N–H and O–H groups in total. The van der Waals surface area contributed by atoms with Gasteiger partial charge in [0.15, 0.2) is 0 Å². The summed E-state index contributed by atoms with van der Waals surface area (Å²) < 4.78 is 0. The van der Waals surface area contributed by atoms with E-state index in [9.17, 15) is 0 Å². The van der Waals surface area contributed by atoms with Gasteiger partial charge in [-0.3, -0.25) is 0 Å². The molecule has 1 aliphatic rings. The second-order valence-corrected chi connectivity index (χ2v) is 5.57. The first-order valence-corrected chi connectivity index (χ1v) is 7.16. The predicted octanol–water partition coefficient (Wildman–Crippen LogP) is 6.39. The lowest BCUT2D eigenvalue weighted by Crippen LogP contribution is -2.23. The molecule has 1 aliphatic carbocycles. The Morgan fingerprint density at radius 1 is 1.06 bits per heavy atom. The fraction of sp³-hybridized carbons (Fsp3) is 0.765. The summed E-state index contributed by atoms with van der Waals surface area (Å²) in [6, 6.07) is 0. The van der Waals surface area contributed by atoms with Gasteiger partial charge in [-0.2, -0.15) is 0 Å². The molecule has 0 bridgehead atoms.